The highest BCUT2D eigenvalue weighted by Crippen LogP contribution is 2.39. The number of carbonyl (C=O) groups excluding carboxylic acids is 1. The number of hydrogen-bond acceptors (Lipinski definition) is 1. The van der Waals surface area contributed by atoms with E-state index in [1.807, 2.05) is 6.08 Å². The van der Waals surface area contributed by atoms with Crippen LogP contribution in [0.25, 0.3) is 0 Å². The highest BCUT2D eigenvalue weighted by molar-refractivity contribution is 5.59. The van der Waals surface area contributed by atoms with Crippen LogP contribution in [0.15, 0.2) is 12.7 Å². The van der Waals surface area contributed by atoms with E-state index in [-0.39, 0.29) is 5.41 Å². The van der Waals surface area contributed by atoms with Gasteiger partial charge in [-0.1, -0.05) is 32.3 Å². The molecule has 1 nitrogen and oxygen atoms in total. The Labute approximate surface area is 81.2 Å². The third-order valence-electron chi connectivity index (χ3n) is 3.39. The van der Waals surface area contributed by atoms with Crippen molar-refractivity contribution in [3.8, 4) is 0 Å². The molecule has 0 aliphatic heterocycles. The van der Waals surface area contributed by atoms with Crippen LogP contribution in [0.1, 0.15) is 45.4 Å². The van der Waals surface area contributed by atoms with Crippen LogP contribution in [-0.4, -0.2) is 6.29 Å². The molecule has 0 radical (unpaired) electrons. The van der Waals surface area contributed by atoms with Gasteiger partial charge in [0.1, 0.15) is 6.29 Å². The molecule has 0 spiro atoms. The van der Waals surface area contributed by atoms with Crippen LogP contribution in [-0.2, 0) is 4.79 Å². The van der Waals surface area contributed by atoms with Crippen molar-refractivity contribution in [3.63, 3.8) is 0 Å². The molecule has 0 N–H and O–H groups in total. The largest absolute Gasteiger partial charge is 0.303 e. The molecule has 1 aliphatic rings. The van der Waals surface area contributed by atoms with Crippen LogP contribution in [0.5, 0.6) is 0 Å². The first-order chi connectivity index (χ1) is 6.23. The highest BCUT2D eigenvalue weighted by atomic mass is 16.1. The zero-order valence-electron chi connectivity index (χ0n) is 8.59. The van der Waals surface area contributed by atoms with Gasteiger partial charge in [0.25, 0.3) is 0 Å². The van der Waals surface area contributed by atoms with Gasteiger partial charge in [-0.05, 0) is 25.2 Å². The van der Waals surface area contributed by atoms with E-state index in [4.69, 9.17) is 0 Å². The van der Waals surface area contributed by atoms with Crippen molar-refractivity contribution in [1.29, 1.82) is 0 Å². The van der Waals surface area contributed by atoms with E-state index in [2.05, 4.69) is 13.5 Å². The average Bonchev–Trinajstić information content (AvgIpc) is 2.19. The summed E-state index contributed by atoms with van der Waals surface area (Å²) in [6.07, 6.45) is 10.2. The second-order valence-corrected chi connectivity index (χ2v) is 4.45. The molecule has 0 amide bonds. The predicted octanol–water partition coefficient (Wildman–Crippen LogP) is 3.35. The summed E-state index contributed by atoms with van der Waals surface area (Å²) in [5, 5.41) is 0. The third kappa shape index (κ3) is 2.43. The summed E-state index contributed by atoms with van der Waals surface area (Å²) in [4.78, 5) is 11.1. The molecule has 1 heteroatoms. The van der Waals surface area contributed by atoms with E-state index >= 15 is 0 Å². The van der Waals surface area contributed by atoms with Gasteiger partial charge in [-0.2, -0.15) is 0 Å². The maximum Gasteiger partial charge on any atom is 0.126 e. The molecule has 1 fully saturated rings. The van der Waals surface area contributed by atoms with Gasteiger partial charge in [0, 0.05) is 5.41 Å². The molecule has 0 heterocycles. The van der Waals surface area contributed by atoms with Crippen molar-refractivity contribution in [1.82, 2.24) is 0 Å². The van der Waals surface area contributed by atoms with Crippen molar-refractivity contribution in [2.24, 2.45) is 11.3 Å². The summed E-state index contributed by atoms with van der Waals surface area (Å²) in [6, 6.07) is 0. The minimum atomic E-state index is -0.137. The Balaban J connectivity index is 2.61. The number of aldehydes is 1. The van der Waals surface area contributed by atoms with Gasteiger partial charge in [0.15, 0.2) is 0 Å². The Hall–Kier alpha value is -0.590. The monoisotopic (exact) mass is 180 g/mol. The Kier molecular flexibility index (Phi) is 3.71. The second kappa shape index (κ2) is 4.59. The molecule has 0 unspecified atom stereocenters. The van der Waals surface area contributed by atoms with Gasteiger partial charge < -0.3 is 4.79 Å². The molecule has 13 heavy (non-hydrogen) atoms. The molecule has 0 saturated heterocycles. The van der Waals surface area contributed by atoms with Gasteiger partial charge in [-0.3, -0.25) is 0 Å². The lowest BCUT2D eigenvalue weighted by atomic mass is 9.69. The zero-order valence-corrected chi connectivity index (χ0v) is 8.59. The molecule has 1 rings (SSSR count). The fourth-order valence-electron chi connectivity index (χ4n) is 2.38. The molecular weight excluding hydrogens is 160 g/mol. The molecule has 0 aromatic heterocycles. The summed E-state index contributed by atoms with van der Waals surface area (Å²) < 4.78 is 0. The first-order valence-corrected chi connectivity index (χ1v) is 5.30. The quantitative estimate of drug-likeness (QED) is 0.479. The maximum atomic E-state index is 11.1. The van der Waals surface area contributed by atoms with Gasteiger partial charge >= 0.3 is 0 Å². The first kappa shape index (κ1) is 10.5. The number of rotatable bonds is 4. The van der Waals surface area contributed by atoms with Crippen molar-refractivity contribution >= 4 is 6.29 Å². The van der Waals surface area contributed by atoms with Crippen LogP contribution in [0.3, 0.4) is 0 Å². The van der Waals surface area contributed by atoms with Crippen LogP contribution in [0.4, 0.5) is 0 Å². The Morgan fingerprint density at radius 2 is 2.00 bits per heavy atom. The minimum Gasteiger partial charge on any atom is -0.303 e. The van der Waals surface area contributed by atoms with Crippen LogP contribution in [0, 0.1) is 11.3 Å². The maximum absolute atomic E-state index is 11.1. The average molecular weight is 180 g/mol. The van der Waals surface area contributed by atoms with Gasteiger partial charge in [-0.25, -0.2) is 0 Å². The van der Waals surface area contributed by atoms with E-state index < -0.39 is 0 Å². The molecule has 1 saturated carbocycles. The standard InChI is InChI=1S/C12H20O/c1-3-9-12(2,10-13)11-7-5-4-6-8-11/h3,10-11H,1,4-9H2,2H3/t12-/m1/s1. The molecule has 1 aliphatic carbocycles. The molecular formula is C12H20O. The van der Waals surface area contributed by atoms with Crippen molar-refractivity contribution < 1.29 is 4.79 Å². The lowest BCUT2D eigenvalue weighted by molar-refractivity contribution is -0.118. The zero-order chi connectivity index (χ0) is 9.73. The van der Waals surface area contributed by atoms with E-state index in [0.717, 1.165) is 12.7 Å². The summed E-state index contributed by atoms with van der Waals surface area (Å²) in [5.74, 6) is 0.594. The lowest BCUT2D eigenvalue weighted by Crippen LogP contribution is -2.30. The summed E-state index contributed by atoms with van der Waals surface area (Å²) in [7, 11) is 0. The molecule has 1 atom stereocenters. The molecule has 0 aromatic rings. The molecule has 0 bridgehead atoms. The molecule has 0 aromatic carbocycles. The summed E-state index contributed by atoms with van der Waals surface area (Å²) in [6.45, 7) is 5.81. The number of hydrogen-bond donors (Lipinski definition) is 0. The van der Waals surface area contributed by atoms with Crippen molar-refractivity contribution in [2.45, 2.75) is 45.4 Å². The normalized spacial score (nSPS) is 23.5. The predicted molar refractivity (Wildman–Crippen MR) is 55.6 cm³/mol. The van der Waals surface area contributed by atoms with Crippen LogP contribution < -0.4 is 0 Å². The lowest BCUT2D eigenvalue weighted by Gasteiger charge is -2.34. The highest BCUT2D eigenvalue weighted by Gasteiger charge is 2.33. The fraction of sp³-hybridized carbons (Fsp3) is 0.750. The Bertz CT molecular complexity index is 180. The smallest absolute Gasteiger partial charge is 0.126 e. The van der Waals surface area contributed by atoms with Crippen LogP contribution >= 0.6 is 0 Å². The Morgan fingerprint density at radius 3 is 2.46 bits per heavy atom. The van der Waals surface area contributed by atoms with Gasteiger partial charge in [0.2, 0.25) is 0 Å². The van der Waals surface area contributed by atoms with E-state index in [1.54, 1.807) is 0 Å². The molecule has 74 valence electrons. The first-order valence-electron chi connectivity index (χ1n) is 5.30. The van der Waals surface area contributed by atoms with Crippen molar-refractivity contribution in [3.05, 3.63) is 12.7 Å². The topological polar surface area (TPSA) is 17.1 Å². The summed E-state index contributed by atoms with van der Waals surface area (Å²) >= 11 is 0. The Morgan fingerprint density at radius 1 is 1.38 bits per heavy atom. The van der Waals surface area contributed by atoms with Gasteiger partial charge in [-0.15, -0.1) is 6.58 Å². The summed E-state index contributed by atoms with van der Waals surface area (Å²) in [5.41, 5.74) is -0.137. The second-order valence-electron chi connectivity index (χ2n) is 4.45. The van der Waals surface area contributed by atoms with Crippen LogP contribution in [0.2, 0.25) is 0 Å². The third-order valence-corrected chi connectivity index (χ3v) is 3.39. The van der Waals surface area contributed by atoms with Crippen molar-refractivity contribution in [2.75, 3.05) is 0 Å². The number of allylic oxidation sites excluding steroid dienone is 1. The fourth-order valence-corrected chi connectivity index (χ4v) is 2.38. The number of carbonyl (C=O) groups is 1. The van der Waals surface area contributed by atoms with E-state index in [9.17, 15) is 4.79 Å². The van der Waals surface area contributed by atoms with E-state index in [1.165, 1.54) is 32.1 Å². The minimum absolute atomic E-state index is 0.137. The SMILES string of the molecule is C=CC[C@](C)(C=O)C1CCCCC1. The van der Waals surface area contributed by atoms with E-state index in [0.29, 0.717) is 5.92 Å². The van der Waals surface area contributed by atoms with Gasteiger partial charge in [0.05, 0.1) is 0 Å².